The van der Waals surface area contributed by atoms with Gasteiger partial charge in [0.1, 0.15) is 0 Å². The van der Waals surface area contributed by atoms with Gasteiger partial charge in [-0.1, -0.05) is 11.6 Å². The summed E-state index contributed by atoms with van der Waals surface area (Å²) in [4.78, 5) is 32.3. The van der Waals surface area contributed by atoms with E-state index in [0.29, 0.717) is 29.7 Å². The first-order valence-corrected chi connectivity index (χ1v) is 9.17. The Balaban J connectivity index is 0.00000210. The third-order valence-corrected chi connectivity index (χ3v) is 5.71. The largest absolute Gasteiger partial charge is 0.338 e. The molecule has 148 valence electrons. The Morgan fingerprint density at radius 3 is 2.67 bits per heavy atom. The van der Waals surface area contributed by atoms with Crippen LogP contribution in [0.4, 0.5) is 5.95 Å². The SMILES string of the molecule is CC(C)=CCn1c(N2CCC3CNCC32)nc2c1c(=O)n(C)c(=O)n2C.Cl. The maximum absolute atomic E-state index is 12.9. The van der Waals surface area contributed by atoms with Crippen molar-refractivity contribution in [2.24, 2.45) is 20.0 Å². The summed E-state index contributed by atoms with van der Waals surface area (Å²) in [6.45, 7) is 7.56. The molecule has 2 atom stereocenters. The Labute approximate surface area is 163 Å². The van der Waals surface area contributed by atoms with Crippen molar-refractivity contribution in [1.82, 2.24) is 24.0 Å². The van der Waals surface area contributed by atoms with Crippen molar-refractivity contribution in [2.75, 3.05) is 24.5 Å². The van der Waals surface area contributed by atoms with Crippen LogP contribution in [-0.2, 0) is 20.6 Å². The molecule has 0 aliphatic carbocycles. The van der Waals surface area contributed by atoms with Gasteiger partial charge in [-0.2, -0.15) is 4.98 Å². The molecule has 2 fully saturated rings. The van der Waals surface area contributed by atoms with E-state index in [1.54, 1.807) is 7.05 Å². The summed E-state index contributed by atoms with van der Waals surface area (Å²) in [6.07, 6.45) is 3.22. The van der Waals surface area contributed by atoms with E-state index in [2.05, 4.69) is 16.3 Å². The third kappa shape index (κ3) is 3.00. The minimum Gasteiger partial charge on any atom is -0.338 e. The second-order valence-electron chi connectivity index (χ2n) is 7.65. The number of aromatic nitrogens is 4. The molecule has 4 heterocycles. The Bertz CT molecular complexity index is 1010. The highest BCUT2D eigenvalue weighted by molar-refractivity contribution is 5.85. The molecule has 2 aromatic heterocycles. The zero-order valence-corrected chi connectivity index (χ0v) is 17.0. The van der Waals surface area contributed by atoms with Crippen LogP contribution in [0.3, 0.4) is 0 Å². The number of halogens is 1. The van der Waals surface area contributed by atoms with Crippen LogP contribution in [0.1, 0.15) is 20.3 Å². The molecule has 2 aromatic rings. The molecule has 2 aliphatic rings. The summed E-state index contributed by atoms with van der Waals surface area (Å²) in [7, 11) is 3.20. The molecule has 9 heteroatoms. The summed E-state index contributed by atoms with van der Waals surface area (Å²) in [5.41, 5.74) is 1.51. The molecule has 27 heavy (non-hydrogen) atoms. The van der Waals surface area contributed by atoms with Crippen LogP contribution in [0.2, 0.25) is 0 Å². The van der Waals surface area contributed by atoms with E-state index in [-0.39, 0.29) is 23.7 Å². The zero-order chi connectivity index (χ0) is 18.6. The molecule has 0 saturated carbocycles. The number of hydrogen-bond acceptors (Lipinski definition) is 5. The number of nitrogens with one attached hydrogen (secondary N) is 1. The molecule has 0 spiro atoms. The molecule has 0 bridgehead atoms. The van der Waals surface area contributed by atoms with Crippen LogP contribution in [0.15, 0.2) is 21.2 Å². The minimum absolute atomic E-state index is 0. The average molecular weight is 395 g/mol. The van der Waals surface area contributed by atoms with Crippen LogP contribution in [0, 0.1) is 5.92 Å². The second-order valence-corrected chi connectivity index (χ2v) is 7.65. The lowest BCUT2D eigenvalue weighted by molar-refractivity contribution is 0.573. The number of anilines is 1. The summed E-state index contributed by atoms with van der Waals surface area (Å²) in [5.74, 6) is 1.42. The highest BCUT2D eigenvalue weighted by atomic mass is 35.5. The quantitative estimate of drug-likeness (QED) is 0.772. The maximum atomic E-state index is 12.9. The maximum Gasteiger partial charge on any atom is 0.332 e. The van der Waals surface area contributed by atoms with E-state index < -0.39 is 0 Å². The van der Waals surface area contributed by atoms with Crippen LogP contribution in [0.25, 0.3) is 11.2 Å². The highest BCUT2D eigenvalue weighted by Crippen LogP contribution is 2.32. The van der Waals surface area contributed by atoms with Crippen molar-refractivity contribution < 1.29 is 0 Å². The van der Waals surface area contributed by atoms with Crippen LogP contribution < -0.4 is 21.5 Å². The topological polar surface area (TPSA) is 77.1 Å². The molecule has 2 saturated heterocycles. The van der Waals surface area contributed by atoms with Gasteiger partial charge < -0.3 is 14.8 Å². The van der Waals surface area contributed by atoms with E-state index >= 15 is 0 Å². The Kier molecular flexibility index (Phi) is 5.22. The standard InChI is InChI=1S/C18H26N6O2.ClH/c1-11(2)5-7-24-14-15(21(3)18(26)22(4)16(14)25)20-17(24)23-8-6-12-9-19-10-13(12)23;/h5,12-13,19H,6-10H2,1-4H3;1H. The molecular weight excluding hydrogens is 368 g/mol. The fraction of sp³-hybridized carbons (Fsp3) is 0.611. The Hall–Kier alpha value is -2.06. The van der Waals surface area contributed by atoms with E-state index in [4.69, 9.17) is 4.98 Å². The van der Waals surface area contributed by atoms with Crippen molar-refractivity contribution >= 4 is 29.5 Å². The molecule has 1 N–H and O–H groups in total. The number of imidazole rings is 1. The lowest BCUT2D eigenvalue weighted by Crippen LogP contribution is -2.38. The van der Waals surface area contributed by atoms with Gasteiger partial charge in [0.2, 0.25) is 5.95 Å². The molecule has 2 unspecified atom stereocenters. The summed E-state index contributed by atoms with van der Waals surface area (Å²) < 4.78 is 4.61. The molecule has 0 amide bonds. The van der Waals surface area contributed by atoms with Crippen molar-refractivity contribution in [3.05, 3.63) is 32.5 Å². The van der Waals surface area contributed by atoms with E-state index in [1.165, 1.54) is 17.2 Å². The summed E-state index contributed by atoms with van der Waals surface area (Å²) in [6, 6.07) is 0.401. The van der Waals surface area contributed by atoms with Gasteiger partial charge in [-0.15, -0.1) is 12.4 Å². The lowest BCUT2D eigenvalue weighted by atomic mass is 10.1. The number of nitrogens with zero attached hydrogens (tertiary/aromatic N) is 5. The first kappa shape index (κ1) is 19.7. The van der Waals surface area contributed by atoms with Gasteiger partial charge in [0.25, 0.3) is 5.56 Å². The first-order chi connectivity index (χ1) is 12.4. The van der Waals surface area contributed by atoms with E-state index in [9.17, 15) is 9.59 Å². The van der Waals surface area contributed by atoms with Crippen LogP contribution in [-0.4, -0.2) is 44.4 Å². The minimum atomic E-state index is -0.345. The number of aryl methyl sites for hydroxylation is 1. The molecule has 0 radical (unpaired) electrons. The van der Waals surface area contributed by atoms with E-state index in [1.807, 2.05) is 18.4 Å². The van der Waals surface area contributed by atoms with Crippen molar-refractivity contribution in [3.8, 4) is 0 Å². The molecule has 0 aromatic carbocycles. The monoisotopic (exact) mass is 394 g/mol. The van der Waals surface area contributed by atoms with Gasteiger partial charge in [-0.25, -0.2) is 4.79 Å². The number of hydrogen-bond donors (Lipinski definition) is 1. The van der Waals surface area contributed by atoms with E-state index in [0.717, 1.165) is 36.6 Å². The molecule has 4 rings (SSSR count). The van der Waals surface area contributed by atoms with Crippen LogP contribution >= 0.6 is 12.4 Å². The van der Waals surface area contributed by atoms with Gasteiger partial charge >= 0.3 is 5.69 Å². The second kappa shape index (κ2) is 7.16. The lowest BCUT2D eigenvalue weighted by Gasteiger charge is -2.25. The molecule has 8 nitrogen and oxygen atoms in total. The van der Waals surface area contributed by atoms with Gasteiger partial charge in [0.05, 0.1) is 0 Å². The van der Waals surface area contributed by atoms with Gasteiger partial charge in [-0.3, -0.25) is 13.9 Å². The van der Waals surface area contributed by atoms with Crippen molar-refractivity contribution in [1.29, 1.82) is 0 Å². The third-order valence-electron chi connectivity index (χ3n) is 5.71. The van der Waals surface area contributed by atoms with Gasteiger partial charge in [0, 0.05) is 46.3 Å². The highest BCUT2D eigenvalue weighted by Gasteiger charge is 2.40. The van der Waals surface area contributed by atoms with Crippen molar-refractivity contribution in [2.45, 2.75) is 32.9 Å². The average Bonchev–Trinajstić information content (AvgIpc) is 3.29. The normalized spacial score (nSPS) is 21.4. The number of rotatable bonds is 3. The summed E-state index contributed by atoms with van der Waals surface area (Å²) >= 11 is 0. The predicted molar refractivity (Wildman–Crippen MR) is 109 cm³/mol. The fourth-order valence-corrected chi connectivity index (χ4v) is 4.20. The van der Waals surface area contributed by atoms with Gasteiger partial charge in [0.15, 0.2) is 11.2 Å². The smallest absolute Gasteiger partial charge is 0.332 e. The zero-order valence-electron chi connectivity index (χ0n) is 16.2. The molecule has 2 aliphatic heterocycles. The predicted octanol–water partition coefficient (Wildman–Crippen LogP) is 0.620. The number of allylic oxidation sites excluding steroid dienone is 2. The summed E-state index contributed by atoms with van der Waals surface area (Å²) in [5, 5.41) is 3.46. The Morgan fingerprint density at radius 1 is 1.22 bits per heavy atom. The first-order valence-electron chi connectivity index (χ1n) is 9.17. The van der Waals surface area contributed by atoms with Crippen LogP contribution in [0.5, 0.6) is 0 Å². The molecular formula is C18H27ClN6O2. The van der Waals surface area contributed by atoms with Gasteiger partial charge in [-0.05, 0) is 26.2 Å². The fourth-order valence-electron chi connectivity index (χ4n) is 4.20. The Morgan fingerprint density at radius 2 is 1.96 bits per heavy atom. The number of fused-ring (bicyclic) bond motifs is 2. The van der Waals surface area contributed by atoms with Crippen molar-refractivity contribution in [3.63, 3.8) is 0 Å².